The van der Waals surface area contributed by atoms with E-state index in [1.54, 1.807) is 12.4 Å². The summed E-state index contributed by atoms with van der Waals surface area (Å²) in [4.78, 5) is 27.1. The number of nitrogens with zero attached hydrogens (tertiary/aromatic N) is 7. The summed E-state index contributed by atoms with van der Waals surface area (Å²) in [6, 6.07) is 9.81. The van der Waals surface area contributed by atoms with Gasteiger partial charge in [0.05, 0.1) is 23.0 Å². The van der Waals surface area contributed by atoms with Gasteiger partial charge in [-0.15, -0.1) is 5.54 Å². The number of nitrogens with two attached hydrogens (primary N) is 1. The lowest BCUT2D eigenvalue weighted by Gasteiger charge is -2.31. The Bertz CT molecular complexity index is 1830. The number of ether oxygens (including phenoxy) is 1. The molecule has 0 saturated heterocycles. The number of anilines is 1. The highest BCUT2D eigenvalue weighted by atomic mass is 28.3. The number of rotatable bonds is 4. The average Bonchev–Trinajstić information content (AvgIpc) is 3.21. The van der Waals surface area contributed by atoms with Crippen molar-refractivity contribution in [2.75, 3.05) is 5.73 Å². The Kier molecular flexibility index (Phi) is 7.09. The molecule has 5 aromatic rings. The number of aryl methyl sites for hydroxylation is 3. The minimum Gasteiger partial charge on any atom is -0.424 e. The first-order valence-corrected chi connectivity index (χ1v) is 16.4. The maximum absolute atomic E-state index is 6.42. The zero-order valence-electron chi connectivity index (χ0n) is 24.7. The summed E-state index contributed by atoms with van der Waals surface area (Å²) in [5, 5.41) is 0.915. The molecule has 4 heterocycles. The van der Waals surface area contributed by atoms with E-state index in [0.29, 0.717) is 28.9 Å². The van der Waals surface area contributed by atoms with Crippen LogP contribution in [0, 0.1) is 25.3 Å². The van der Waals surface area contributed by atoms with Gasteiger partial charge in [-0.25, -0.2) is 29.9 Å². The van der Waals surface area contributed by atoms with Crippen molar-refractivity contribution in [2.45, 2.75) is 52.8 Å². The number of hydrogen-bond donors (Lipinski definition) is 1. The van der Waals surface area contributed by atoms with Crippen molar-refractivity contribution >= 4 is 24.9 Å². The second kappa shape index (κ2) is 10.4. The fourth-order valence-corrected chi connectivity index (χ4v) is 5.10. The van der Waals surface area contributed by atoms with Gasteiger partial charge >= 0.3 is 6.01 Å². The molecule has 10 heteroatoms. The van der Waals surface area contributed by atoms with Crippen molar-refractivity contribution in [1.29, 1.82) is 0 Å². The molecular weight excluding hydrogens is 528 g/mol. The topological polar surface area (TPSA) is 118 Å². The predicted molar refractivity (Wildman–Crippen MR) is 165 cm³/mol. The molecule has 0 saturated carbocycles. The fraction of sp³-hybridized carbons (Fsp3) is 0.290. The number of benzene rings is 1. The van der Waals surface area contributed by atoms with Crippen LogP contribution in [0.15, 0.2) is 49.1 Å². The minimum absolute atomic E-state index is 0.162. The smallest absolute Gasteiger partial charge is 0.322 e. The first kappa shape index (κ1) is 27.9. The molecular formula is C31H34N8OSi. The second-order valence-corrected chi connectivity index (χ2v) is 16.7. The molecule has 0 amide bonds. The highest BCUT2D eigenvalue weighted by Crippen LogP contribution is 2.42. The van der Waals surface area contributed by atoms with Crippen molar-refractivity contribution in [3.8, 4) is 45.7 Å². The third-order valence-corrected chi connectivity index (χ3v) is 12.2. The molecule has 41 heavy (non-hydrogen) atoms. The summed E-state index contributed by atoms with van der Waals surface area (Å²) >= 11 is 0. The van der Waals surface area contributed by atoms with E-state index in [1.807, 2.05) is 55.8 Å². The van der Waals surface area contributed by atoms with Gasteiger partial charge < -0.3 is 15.0 Å². The summed E-state index contributed by atoms with van der Waals surface area (Å²) in [6.45, 7) is 15.2. The molecule has 0 radical (unpaired) electrons. The molecule has 0 bridgehead atoms. The van der Waals surface area contributed by atoms with E-state index in [1.165, 1.54) is 6.33 Å². The van der Waals surface area contributed by atoms with Crippen LogP contribution in [-0.4, -0.2) is 42.5 Å². The Morgan fingerprint density at radius 1 is 0.951 bits per heavy atom. The molecule has 9 nitrogen and oxygen atoms in total. The average molecular weight is 563 g/mol. The van der Waals surface area contributed by atoms with Gasteiger partial charge in [-0.2, -0.15) is 0 Å². The third-order valence-electron chi connectivity index (χ3n) is 7.67. The van der Waals surface area contributed by atoms with Crippen molar-refractivity contribution in [1.82, 2.24) is 34.5 Å². The normalized spacial score (nSPS) is 11.8. The van der Waals surface area contributed by atoms with Gasteiger partial charge in [0.15, 0.2) is 0 Å². The van der Waals surface area contributed by atoms with E-state index >= 15 is 0 Å². The van der Waals surface area contributed by atoms with Gasteiger partial charge in [-0.05, 0) is 42.6 Å². The van der Waals surface area contributed by atoms with Crippen molar-refractivity contribution in [2.24, 2.45) is 7.05 Å². The molecule has 0 unspecified atom stereocenters. The largest absolute Gasteiger partial charge is 0.424 e. The zero-order chi connectivity index (χ0) is 29.5. The maximum Gasteiger partial charge on any atom is 0.322 e. The summed E-state index contributed by atoms with van der Waals surface area (Å²) in [6.07, 6.45) is 4.89. The molecule has 0 atom stereocenters. The minimum atomic E-state index is -1.79. The van der Waals surface area contributed by atoms with E-state index in [0.717, 1.165) is 39.3 Å². The van der Waals surface area contributed by atoms with Crippen LogP contribution in [0.3, 0.4) is 0 Å². The molecule has 4 aromatic heterocycles. The van der Waals surface area contributed by atoms with Gasteiger partial charge in [0, 0.05) is 24.5 Å². The van der Waals surface area contributed by atoms with Crippen LogP contribution in [-0.2, 0) is 7.05 Å². The number of nitrogen functional groups attached to an aromatic ring is 1. The SMILES string of the molecule is Cc1ccnc(Oc2ccc(-c3c(-c4ncc(C#C[Si](C)(C)C(C)(C)C)nc4C)n(C)c4ncnc(N)c34)cc2)n1. The molecule has 0 aliphatic carbocycles. The zero-order valence-corrected chi connectivity index (χ0v) is 25.7. The van der Waals surface area contributed by atoms with Gasteiger partial charge in [-0.3, -0.25) is 0 Å². The number of hydrogen-bond acceptors (Lipinski definition) is 8. The molecule has 0 aliphatic heterocycles. The summed E-state index contributed by atoms with van der Waals surface area (Å²) < 4.78 is 7.86. The Morgan fingerprint density at radius 3 is 2.34 bits per heavy atom. The summed E-state index contributed by atoms with van der Waals surface area (Å²) in [5.41, 5.74) is 16.3. The van der Waals surface area contributed by atoms with E-state index in [2.05, 4.69) is 65.3 Å². The lowest BCUT2D eigenvalue weighted by Crippen LogP contribution is -2.35. The maximum atomic E-state index is 6.42. The Hall–Kier alpha value is -4.62. The molecule has 5 rings (SSSR count). The van der Waals surface area contributed by atoms with Crippen LogP contribution in [0.4, 0.5) is 5.82 Å². The Morgan fingerprint density at radius 2 is 1.68 bits per heavy atom. The second-order valence-electron chi connectivity index (χ2n) is 11.7. The molecule has 0 spiro atoms. The first-order chi connectivity index (χ1) is 19.4. The highest BCUT2D eigenvalue weighted by molar-refractivity contribution is 6.87. The molecule has 0 aliphatic rings. The first-order valence-electron chi connectivity index (χ1n) is 13.4. The van der Waals surface area contributed by atoms with Gasteiger partial charge in [0.25, 0.3) is 0 Å². The molecule has 2 N–H and O–H groups in total. The highest BCUT2D eigenvalue weighted by Gasteiger charge is 2.33. The van der Waals surface area contributed by atoms with Crippen LogP contribution in [0.2, 0.25) is 18.1 Å². The van der Waals surface area contributed by atoms with E-state index in [-0.39, 0.29) is 5.04 Å². The monoisotopic (exact) mass is 562 g/mol. The standard InChI is InChI=1S/C31H34N8OSi/c1-19-13-15-33-30(37-19)40-23-11-9-21(10-12-23)24-25-28(32)35-18-36-29(25)39(6)27(24)26-20(2)38-22(17-34-26)14-16-41(7,8)31(3,4)5/h9-13,15,17-18H,1-8H3,(H2,32,35,36). The summed E-state index contributed by atoms with van der Waals surface area (Å²) in [7, 11) is 0.165. The van der Waals surface area contributed by atoms with Gasteiger partial charge in [0.2, 0.25) is 0 Å². The number of aromatic nitrogens is 7. The lowest BCUT2D eigenvalue weighted by atomic mass is 10.0. The molecule has 1 aromatic carbocycles. The quantitative estimate of drug-likeness (QED) is 0.201. The van der Waals surface area contributed by atoms with E-state index < -0.39 is 8.07 Å². The molecule has 0 fully saturated rings. The Balaban J connectivity index is 1.60. The third kappa shape index (κ3) is 5.41. The van der Waals surface area contributed by atoms with E-state index in [9.17, 15) is 0 Å². The van der Waals surface area contributed by atoms with Crippen LogP contribution < -0.4 is 10.5 Å². The van der Waals surface area contributed by atoms with E-state index in [4.69, 9.17) is 20.4 Å². The van der Waals surface area contributed by atoms with Crippen molar-refractivity contribution in [3.05, 3.63) is 66.1 Å². The number of fused-ring (bicyclic) bond motifs is 1. The predicted octanol–water partition coefficient (Wildman–Crippen LogP) is 6.27. The van der Waals surface area contributed by atoms with Gasteiger partial charge in [-0.1, -0.05) is 51.9 Å². The van der Waals surface area contributed by atoms with Crippen LogP contribution >= 0.6 is 0 Å². The van der Waals surface area contributed by atoms with Crippen LogP contribution in [0.25, 0.3) is 33.5 Å². The fourth-order valence-electron chi connectivity index (χ4n) is 4.29. The van der Waals surface area contributed by atoms with Crippen LogP contribution in [0.1, 0.15) is 37.9 Å². The molecule has 208 valence electrons. The van der Waals surface area contributed by atoms with Crippen molar-refractivity contribution < 1.29 is 4.74 Å². The lowest BCUT2D eigenvalue weighted by molar-refractivity contribution is 0.440. The Labute approximate surface area is 241 Å². The summed E-state index contributed by atoms with van der Waals surface area (Å²) in [5.74, 6) is 4.31. The van der Waals surface area contributed by atoms with Crippen LogP contribution in [0.5, 0.6) is 11.8 Å². The van der Waals surface area contributed by atoms with Gasteiger partial charge in [0.1, 0.15) is 43.0 Å². The van der Waals surface area contributed by atoms with Crippen molar-refractivity contribution in [3.63, 3.8) is 0 Å².